The van der Waals surface area contributed by atoms with Crippen LogP contribution in [0.5, 0.6) is 0 Å². The van der Waals surface area contributed by atoms with E-state index in [-0.39, 0.29) is 10.6 Å². The minimum atomic E-state index is -0.373. The third-order valence-electron chi connectivity index (χ3n) is 2.19. The lowest BCUT2D eigenvalue weighted by Crippen LogP contribution is -1.90. The van der Waals surface area contributed by atoms with Gasteiger partial charge in [-0.3, -0.25) is 10.1 Å². The van der Waals surface area contributed by atoms with Crippen molar-refractivity contribution in [2.24, 2.45) is 0 Å². The van der Waals surface area contributed by atoms with Gasteiger partial charge in [-0.15, -0.1) is 0 Å². The molecule has 2 aromatic carbocycles. The van der Waals surface area contributed by atoms with Crippen LogP contribution in [0.2, 0.25) is 0 Å². The highest BCUT2D eigenvalue weighted by Gasteiger charge is 2.11. The molecule has 3 nitrogen and oxygen atoms in total. The summed E-state index contributed by atoms with van der Waals surface area (Å²) in [5.74, 6) is 0. The van der Waals surface area contributed by atoms with Gasteiger partial charge in [0.2, 0.25) is 0 Å². The molecule has 0 unspecified atom stereocenters. The maximum atomic E-state index is 10.7. The lowest BCUT2D eigenvalue weighted by Gasteiger charge is -2.01. The Hall–Kier alpha value is -1.90. The molecule has 69 valence electrons. The van der Waals surface area contributed by atoms with Crippen LogP contribution < -0.4 is 0 Å². The Morgan fingerprint density at radius 3 is 2.36 bits per heavy atom. The molecule has 2 aromatic rings. The molecule has 0 heterocycles. The van der Waals surface area contributed by atoms with Gasteiger partial charge in [-0.1, -0.05) is 24.3 Å². The summed E-state index contributed by atoms with van der Waals surface area (Å²) in [6, 6.07) is 10.4. The number of hydrogen-bond donors (Lipinski definition) is 0. The van der Waals surface area contributed by atoms with Crippen LogP contribution in [0.25, 0.3) is 10.8 Å². The topological polar surface area (TPSA) is 43.1 Å². The van der Waals surface area contributed by atoms with Gasteiger partial charge in [0, 0.05) is 6.07 Å². The number of benzene rings is 2. The minimum absolute atomic E-state index is 0.132. The number of nitrogens with zero attached hydrogens (tertiary/aromatic N) is 1. The molecule has 0 saturated heterocycles. The van der Waals surface area contributed by atoms with Crippen LogP contribution in [0.15, 0.2) is 36.4 Å². The molecule has 0 spiro atoms. The van der Waals surface area contributed by atoms with Gasteiger partial charge in [0.1, 0.15) is 0 Å². The number of fused-ring (bicyclic) bond motifs is 1. The summed E-state index contributed by atoms with van der Waals surface area (Å²) >= 11 is 0. The van der Waals surface area contributed by atoms with E-state index >= 15 is 0 Å². The van der Waals surface area contributed by atoms with E-state index < -0.39 is 0 Å². The summed E-state index contributed by atoms with van der Waals surface area (Å²) in [5, 5.41) is 12.2. The quantitative estimate of drug-likeness (QED) is 0.507. The normalized spacial score (nSPS) is 10.4. The van der Waals surface area contributed by atoms with Crippen molar-refractivity contribution in [3.8, 4) is 0 Å². The fourth-order valence-corrected chi connectivity index (χ4v) is 1.50. The van der Waals surface area contributed by atoms with Crippen LogP contribution in [0, 0.1) is 17.0 Å². The second kappa shape index (κ2) is 3.10. The van der Waals surface area contributed by atoms with Gasteiger partial charge in [0.25, 0.3) is 5.69 Å². The van der Waals surface area contributed by atoms with E-state index in [1.165, 1.54) is 6.07 Å². The molecule has 0 atom stereocenters. The molecule has 3 heteroatoms. The van der Waals surface area contributed by atoms with Gasteiger partial charge in [0.05, 0.1) is 10.3 Å². The molecule has 14 heavy (non-hydrogen) atoms. The second-order valence-electron chi connectivity index (χ2n) is 3.05. The van der Waals surface area contributed by atoms with E-state index in [1.807, 2.05) is 12.1 Å². The molecular weight excluding hydrogens is 178 g/mol. The van der Waals surface area contributed by atoms with Gasteiger partial charge in [-0.2, -0.15) is 0 Å². The zero-order valence-electron chi connectivity index (χ0n) is 7.43. The molecule has 0 aliphatic rings. The molecule has 2 rings (SSSR count). The number of non-ortho nitro benzene ring substituents is 1. The maximum absolute atomic E-state index is 10.7. The Kier molecular flexibility index (Phi) is 1.93. The van der Waals surface area contributed by atoms with E-state index in [0.717, 1.165) is 10.9 Å². The van der Waals surface area contributed by atoms with Gasteiger partial charge < -0.3 is 0 Å². The first-order valence-electron chi connectivity index (χ1n) is 4.18. The first kappa shape index (κ1) is 8.69. The molecule has 0 fully saturated rings. The van der Waals surface area contributed by atoms with Gasteiger partial charge in [0.15, 0.2) is 0 Å². The Balaban J connectivity index is 2.88. The standard InChI is InChI=1S/C11H8NO2/c1-8-6-7-11(12(13)14)10-5-3-2-4-9(8)10/h2-7H,1H2. The van der Waals surface area contributed by atoms with E-state index in [0.29, 0.717) is 5.39 Å². The van der Waals surface area contributed by atoms with E-state index in [1.54, 1.807) is 18.2 Å². The third-order valence-corrected chi connectivity index (χ3v) is 2.19. The van der Waals surface area contributed by atoms with Crippen molar-refractivity contribution in [1.82, 2.24) is 0 Å². The van der Waals surface area contributed by atoms with Crippen molar-refractivity contribution in [3.05, 3.63) is 59.0 Å². The lowest BCUT2D eigenvalue weighted by molar-refractivity contribution is -0.383. The Labute approximate surface area is 81.1 Å². The molecule has 0 aliphatic heterocycles. The van der Waals surface area contributed by atoms with E-state index in [4.69, 9.17) is 0 Å². The molecule has 0 saturated carbocycles. The van der Waals surface area contributed by atoms with Crippen molar-refractivity contribution < 1.29 is 4.92 Å². The summed E-state index contributed by atoms with van der Waals surface area (Å²) in [4.78, 5) is 10.3. The highest BCUT2D eigenvalue weighted by atomic mass is 16.6. The van der Waals surface area contributed by atoms with Gasteiger partial charge in [-0.05, 0) is 23.9 Å². The smallest absolute Gasteiger partial charge is 0.258 e. The molecule has 0 aromatic heterocycles. The predicted molar refractivity (Wildman–Crippen MR) is 55.1 cm³/mol. The monoisotopic (exact) mass is 186 g/mol. The van der Waals surface area contributed by atoms with Crippen LogP contribution in [0.1, 0.15) is 5.56 Å². The average Bonchev–Trinajstić information content (AvgIpc) is 2.18. The van der Waals surface area contributed by atoms with Crippen molar-refractivity contribution >= 4 is 16.5 Å². The maximum Gasteiger partial charge on any atom is 0.277 e. The van der Waals surface area contributed by atoms with Crippen LogP contribution in [0.4, 0.5) is 5.69 Å². The first-order chi connectivity index (χ1) is 6.70. The highest BCUT2D eigenvalue weighted by Crippen LogP contribution is 2.27. The van der Waals surface area contributed by atoms with E-state index in [2.05, 4.69) is 6.92 Å². The molecule has 0 N–H and O–H groups in total. The summed E-state index contributed by atoms with van der Waals surface area (Å²) in [6.07, 6.45) is 0. The summed E-state index contributed by atoms with van der Waals surface area (Å²) < 4.78 is 0. The van der Waals surface area contributed by atoms with Crippen molar-refractivity contribution in [2.45, 2.75) is 0 Å². The zero-order chi connectivity index (χ0) is 10.1. The summed E-state index contributed by atoms with van der Waals surface area (Å²) in [7, 11) is 0. The van der Waals surface area contributed by atoms with Crippen LogP contribution in [0.3, 0.4) is 0 Å². The van der Waals surface area contributed by atoms with Crippen LogP contribution in [-0.2, 0) is 0 Å². The average molecular weight is 186 g/mol. The summed E-state index contributed by atoms with van der Waals surface area (Å²) in [6.45, 7) is 3.83. The molecule has 0 aliphatic carbocycles. The fourth-order valence-electron chi connectivity index (χ4n) is 1.50. The van der Waals surface area contributed by atoms with Crippen molar-refractivity contribution in [3.63, 3.8) is 0 Å². The lowest BCUT2D eigenvalue weighted by atomic mass is 10.0. The zero-order valence-corrected chi connectivity index (χ0v) is 7.43. The SMILES string of the molecule is [CH2]c1ccc([N+](=O)[O-])c2ccccc12. The first-order valence-corrected chi connectivity index (χ1v) is 4.18. The Morgan fingerprint density at radius 1 is 1.07 bits per heavy atom. The van der Waals surface area contributed by atoms with Crippen molar-refractivity contribution in [2.75, 3.05) is 0 Å². The van der Waals surface area contributed by atoms with Gasteiger partial charge >= 0.3 is 0 Å². The molecule has 0 bridgehead atoms. The van der Waals surface area contributed by atoms with Crippen molar-refractivity contribution in [1.29, 1.82) is 0 Å². The number of hydrogen-bond acceptors (Lipinski definition) is 2. The fraction of sp³-hybridized carbons (Fsp3) is 0. The highest BCUT2D eigenvalue weighted by molar-refractivity contribution is 5.93. The minimum Gasteiger partial charge on any atom is -0.258 e. The van der Waals surface area contributed by atoms with Gasteiger partial charge in [-0.25, -0.2) is 0 Å². The number of nitro groups is 1. The molecule has 1 radical (unpaired) electrons. The van der Waals surface area contributed by atoms with Crippen LogP contribution >= 0.6 is 0 Å². The predicted octanol–water partition coefficient (Wildman–Crippen LogP) is 2.93. The largest absolute Gasteiger partial charge is 0.277 e. The Morgan fingerprint density at radius 2 is 1.71 bits per heavy atom. The molecular formula is C11H8NO2. The number of nitro benzene ring substituents is 1. The third kappa shape index (κ3) is 1.23. The Bertz CT molecular complexity index is 506. The molecule has 0 amide bonds. The summed E-state index contributed by atoms with van der Waals surface area (Å²) in [5.41, 5.74) is 0.944. The number of rotatable bonds is 1. The van der Waals surface area contributed by atoms with E-state index in [9.17, 15) is 10.1 Å². The van der Waals surface area contributed by atoms with Crippen LogP contribution in [-0.4, -0.2) is 4.92 Å². The second-order valence-corrected chi connectivity index (χ2v) is 3.05.